The van der Waals surface area contributed by atoms with Crippen molar-refractivity contribution in [3.63, 3.8) is 0 Å². The van der Waals surface area contributed by atoms with Gasteiger partial charge >= 0.3 is 6.18 Å². The number of nitrogens with zero attached hydrogens (tertiary/aromatic N) is 1. The van der Waals surface area contributed by atoms with E-state index in [2.05, 4.69) is 4.98 Å². The number of benzene rings is 1. The molecule has 0 amide bonds. The monoisotopic (exact) mass is 256 g/mol. The maximum Gasteiger partial charge on any atom is 0.420 e. The van der Waals surface area contributed by atoms with E-state index in [-0.39, 0.29) is 0 Å². The van der Waals surface area contributed by atoms with Crippen molar-refractivity contribution in [1.82, 2.24) is 4.98 Å². The van der Waals surface area contributed by atoms with Gasteiger partial charge in [-0.2, -0.15) is 13.2 Å². The molecule has 0 N–H and O–H groups in total. The zero-order valence-electron chi connectivity index (χ0n) is 8.78. The molecule has 1 aromatic heterocycles. The van der Waals surface area contributed by atoms with Crippen LogP contribution in [0.15, 0.2) is 48.7 Å². The van der Waals surface area contributed by atoms with Crippen LogP contribution in [0, 0.1) is 0 Å². The standard InChI is InChI=1S/C12H9F3NP/c13-12(14,15)9-5-1-2-6-10(9)17-11-7-3-4-8-16-11/h1-8,17H/p+1. The molecule has 0 radical (unpaired) electrons. The minimum absolute atomic E-state index is 0.332. The molecule has 1 unspecified atom stereocenters. The normalized spacial score (nSPS) is 12.2. The second-order valence-electron chi connectivity index (χ2n) is 3.48. The van der Waals surface area contributed by atoms with Crippen LogP contribution in [0.3, 0.4) is 0 Å². The lowest BCUT2D eigenvalue weighted by molar-refractivity contribution is -0.136. The molecule has 1 heterocycles. The molecule has 1 aromatic carbocycles. The molecular weight excluding hydrogens is 246 g/mol. The molecule has 1 atom stereocenters. The molecule has 0 spiro atoms. The van der Waals surface area contributed by atoms with E-state index >= 15 is 0 Å². The number of alkyl halides is 3. The van der Waals surface area contributed by atoms with Crippen molar-refractivity contribution in [3.05, 3.63) is 54.2 Å². The molecule has 2 aromatic rings. The highest BCUT2D eigenvalue weighted by Crippen LogP contribution is 2.30. The minimum Gasteiger partial charge on any atom is -0.222 e. The van der Waals surface area contributed by atoms with Gasteiger partial charge in [-0.15, -0.1) is 0 Å². The van der Waals surface area contributed by atoms with Gasteiger partial charge in [-0.05, 0) is 24.3 Å². The van der Waals surface area contributed by atoms with Crippen molar-refractivity contribution in [3.8, 4) is 0 Å². The first-order valence-electron chi connectivity index (χ1n) is 4.99. The fraction of sp³-hybridized carbons (Fsp3) is 0.0833. The summed E-state index contributed by atoms with van der Waals surface area (Å²) in [6.07, 6.45) is -2.70. The molecular formula is C12H10F3NP+. The third-order valence-electron chi connectivity index (χ3n) is 2.26. The molecule has 1 nitrogen and oxygen atoms in total. The highest BCUT2D eigenvalue weighted by atomic mass is 31.1. The summed E-state index contributed by atoms with van der Waals surface area (Å²) < 4.78 is 38.2. The van der Waals surface area contributed by atoms with E-state index in [0.29, 0.717) is 10.7 Å². The van der Waals surface area contributed by atoms with E-state index in [9.17, 15) is 13.2 Å². The maximum absolute atomic E-state index is 12.7. The summed E-state index contributed by atoms with van der Waals surface area (Å²) in [6.45, 7) is 0. The van der Waals surface area contributed by atoms with E-state index < -0.39 is 20.3 Å². The van der Waals surface area contributed by atoms with Gasteiger partial charge in [0.2, 0.25) is 0 Å². The Morgan fingerprint density at radius 3 is 2.29 bits per heavy atom. The smallest absolute Gasteiger partial charge is 0.222 e. The number of halogens is 3. The van der Waals surface area contributed by atoms with Crippen molar-refractivity contribution in [2.75, 3.05) is 0 Å². The van der Waals surface area contributed by atoms with Crippen LogP contribution in [0.1, 0.15) is 5.56 Å². The summed E-state index contributed by atoms with van der Waals surface area (Å²) in [6, 6.07) is 11.0. The first-order chi connectivity index (χ1) is 8.07. The van der Waals surface area contributed by atoms with Gasteiger partial charge in [0.05, 0.1) is 14.1 Å². The molecule has 17 heavy (non-hydrogen) atoms. The summed E-state index contributed by atoms with van der Waals surface area (Å²) in [4.78, 5) is 4.07. The molecule has 0 saturated heterocycles. The molecule has 88 valence electrons. The van der Waals surface area contributed by atoms with E-state index in [1.807, 2.05) is 0 Å². The van der Waals surface area contributed by atoms with Crippen molar-refractivity contribution in [2.24, 2.45) is 0 Å². The van der Waals surface area contributed by atoms with Gasteiger partial charge in [0, 0.05) is 6.20 Å². The van der Waals surface area contributed by atoms with Crippen LogP contribution in [0.5, 0.6) is 0 Å². The Bertz CT molecular complexity index is 497. The first-order valence-corrected chi connectivity index (χ1v) is 6.15. The van der Waals surface area contributed by atoms with Crippen LogP contribution in [0.25, 0.3) is 0 Å². The average molecular weight is 256 g/mol. The molecule has 0 aliphatic rings. The third kappa shape index (κ3) is 3.04. The Labute approximate surface area is 98.5 Å². The lowest BCUT2D eigenvalue weighted by Crippen LogP contribution is -2.18. The van der Waals surface area contributed by atoms with Crippen molar-refractivity contribution >= 4 is 19.3 Å². The van der Waals surface area contributed by atoms with Crippen LogP contribution in [-0.4, -0.2) is 4.98 Å². The third-order valence-corrected chi connectivity index (χ3v) is 3.71. The number of rotatable bonds is 2. The Balaban J connectivity index is 2.34. The molecule has 0 saturated carbocycles. The number of aromatic nitrogens is 1. The zero-order valence-corrected chi connectivity index (χ0v) is 9.93. The average Bonchev–Trinajstić information content (AvgIpc) is 2.30. The molecule has 5 heteroatoms. The van der Waals surface area contributed by atoms with Crippen LogP contribution in [-0.2, 0) is 6.18 Å². The summed E-state index contributed by atoms with van der Waals surface area (Å²) in [5.74, 6) is 0. The number of pyridine rings is 1. The Kier molecular flexibility index (Phi) is 3.43. The molecule has 0 bridgehead atoms. The Morgan fingerprint density at radius 2 is 1.65 bits per heavy atom. The topological polar surface area (TPSA) is 12.9 Å². The van der Waals surface area contributed by atoms with E-state index in [1.165, 1.54) is 12.1 Å². The summed E-state index contributed by atoms with van der Waals surface area (Å²) in [5.41, 5.74) is 0.157. The van der Waals surface area contributed by atoms with Gasteiger partial charge in [0.25, 0.3) is 0 Å². The quantitative estimate of drug-likeness (QED) is 0.752. The Hall–Kier alpha value is -1.41. The molecule has 0 aliphatic carbocycles. The van der Waals surface area contributed by atoms with Crippen molar-refractivity contribution in [2.45, 2.75) is 6.18 Å². The van der Waals surface area contributed by atoms with Gasteiger partial charge in [-0.25, -0.2) is 4.98 Å². The zero-order chi connectivity index (χ0) is 12.3. The number of hydrogen-bond acceptors (Lipinski definition) is 1. The second-order valence-corrected chi connectivity index (χ2v) is 4.99. The maximum atomic E-state index is 12.7. The van der Waals surface area contributed by atoms with E-state index in [4.69, 9.17) is 0 Å². The second kappa shape index (κ2) is 4.84. The molecule has 2 rings (SSSR count). The highest BCUT2D eigenvalue weighted by Gasteiger charge is 2.35. The van der Waals surface area contributed by atoms with Crippen molar-refractivity contribution in [1.29, 1.82) is 0 Å². The lowest BCUT2D eigenvalue weighted by atomic mass is 10.2. The van der Waals surface area contributed by atoms with Gasteiger partial charge in [0.1, 0.15) is 5.30 Å². The molecule has 0 fully saturated rings. The van der Waals surface area contributed by atoms with Gasteiger partial charge in [0.15, 0.2) is 5.44 Å². The lowest BCUT2D eigenvalue weighted by Gasteiger charge is -2.07. The summed E-state index contributed by atoms with van der Waals surface area (Å²) in [7, 11) is -0.628. The van der Waals surface area contributed by atoms with Gasteiger partial charge in [-0.1, -0.05) is 18.2 Å². The fourth-order valence-corrected chi connectivity index (χ4v) is 2.81. The Morgan fingerprint density at radius 1 is 0.941 bits per heavy atom. The van der Waals surface area contributed by atoms with Gasteiger partial charge < -0.3 is 0 Å². The predicted octanol–water partition coefficient (Wildman–Crippen LogP) is 2.46. The highest BCUT2D eigenvalue weighted by molar-refractivity contribution is 7.55. The van der Waals surface area contributed by atoms with Crippen LogP contribution >= 0.6 is 8.58 Å². The summed E-state index contributed by atoms with van der Waals surface area (Å²) >= 11 is 0. The van der Waals surface area contributed by atoms with Crippen LogP contribution in [0.2, 0.25) is 0 Å². The minimum atomic E-state index is -4.29. The number of hydrogen-bond donors (Lipinski definition) is 0. The SMILES string of the molecule is FC(F)(F)c1ccccc1[PH2+]c1ccccn1. The van der Waals surface area contributed by atoms with E-state index in [1.54, 1.807) is 30.5 Å². The van der Waals surface area contributed by atoms with Crippen LogP contribution < -0.4 is 10.7 Å². The fourth-order valence-electron chi connectivity index (χ4n) is 1.50. The van der Waals surface area contributed by atoms with Gasteiger partial charge in [-0.3, -0.25) is 0 Å². The van der Waals surface area contributed by atoms with Crippen LogP contribution in [0.4, 0.5) is 13.2 Å². The largest absolute Gasteiger partial charge is 0.420 e. The first kappa shape index (κ1) is 12.1. The van der Waals surface area contributed by atoms with E-state index in [0.717, 1.165) is 6.07 Å². The summed E-state index contributed by atoms with van der Waals surface area (Å²) in [5, 5.41) is 0.332. The van der Waals surface area contributed by atoms with Crippen molar-refractivity contribution < 1.29 is 13.2 Å². The predicted molar refractivity (Wildman–Crippen MR) is 64.7 cm³/mol. The molecule has 0 aliphatic heterocycles.